The first-order valence-corrected chi connectivity index (χ1v) is 5.92. The topological polar surface area (TPSA) is 78.1 Å². The van der Waals surface area contributed by atoms with Gasteiger partial charge in [0.25, 0.3) is 5.91 Å². The second kappa shape index (κ2) is 5.48. The van der Waals surface area contributed by atoms with Gasteiger partial charge in [0, 0.05) is 11.8 Å². The summed E-state index contributed by atoms with van der Waals surface area (Å²) >= 11 is 0. The summed E-state index contributed by atoms with van der Waals surface area (Å²) in [4.78, 5) is 19.4. The summed E-state index contributed by atoms with van der Waals surface area (Å²) in [5.41, 5.74) is 6.88. The van der Waals surface area contributed by atoms with Gasteiger partial charge in [-0.15, -0.1) is 0 Å². The molecule has 0 radical (unpaired) electrons. The molecule has 0 aliphatic carbocycles. The first-order valence-electron chi connectivity index (χ1n) is 5.92. The molecule has 0 aliphatic rings. The van der Waals surface area contributed by atoms with E-state index in [0.717, 1.165) is 11.3 Å². The van der Waals surface area contributed by atoms with E-state index in [1.165, 1.54) is 0 Å². The van der Waals surface area contributed by atoms with Gasteiger partial charge in [-0.25, -0.2) is 9.97 Å². The van der Waals surface area contributed by atoms with Gasteiger partial charge < -0.3 is 10.5 Å². The largest absolute Gasteiger partial charge is 0.481 e. The Morgan fingerprint density at radius 3 is 2.84 bits per heavy atom. The minimum Gasteiger partial charge on any atom is -0.481 e. The smallest absolute Gasteiger partial charge is 0.258 e. The van der Waals surface area contributed by atoms with Crippen LogP contribution in [-0.2, 0) is 4.79 Å². The number of benzene rings is 1. The van der Waals surface area contributed by atoms with Crippen LogP contribution in [0.4, 0.5) is 0 Å². The van der Waals surface area contributed by atoms with Gasteiger partial charge in [0.1, 0.15) is 11.6 Å². The molecule has 2 rings (SSSR count). The van der Waals surface area contributed by atoms with Crippen molar-refractivity contribution in [1.29, 1.82) is 0 Å². The number of nitrogens with zero attached hydrogens (tertiary/aromatic N) is 2. The SMILES string of the molecule is Cc1nccc(-c2cccc(O[C@H](C)C(N)=O)c2)n1. The predicted molar refractivity (Wildman–Crippen MR) is 71.5 cm³/mol. The summed E-state index contributed by atoms with van der Waals surface area (Å²) in [5.74, 6) is 0.790. The van der Waals surface area contributed by atoms with Gasteiger partial charge in [-0.05, 0) is 32.0 Å². The number of carbonyl (C=O) groups is 1. The lowest BCUT2D eigenvalue weighted by molar-refractivity contribution is -0.123. The molecule has 1 heterocycles. The second-order valence-electron chi connectivity index (χ2n) is 4.18. The number of hydrogen-bond donors (Lipinski definition) is 1. The average molecular weight is 257 g/mol. The van der Waals surface area contributed by atoms with Crippen LogP contribution in [0.3, 0.4) is 0 Å². The zero-order chi connectivity index (χ0) is 13.8. The standard InChI is InChI=1S/C14H15N3O2/c1-9(14(15)18)19-12-5-3-4-11(8-12)13-6-7-16-10(2)17-13/h3-9H,1-2H3,(H2,15,18)/t9-/m1/s1. The molecule has 1 aromatic heterocycles. The Bertz CT molecular complexity index is 599. The number of ether oxygens (including phenoxy) is 1. The van der Waals surface area contributed by atoms with E-state index in [4.69, 9.17) is 10.5 Å². The van der Waals surface area contributed by atoms with E-state index in [1.807, 2.05) is 31.2 Å². The first-order chi connectivity index (χ1) is 9.06. The third-order valence-corrected chi connectivity index (χ3v) is 2.62. The summed E-state index contributed by atoms with van der Waals surface area (Å²) in [7, 11) is 0. The second-order valence-corrected chi connectivity index (χ2v) is 4.18. The van der Waals surface area contributed by atoms with Crippen LogP contribution in [0.15, 0.2) is 36.5 Å². The van der Waals surface area contributed by atoms with Gasteiger partial charge >= 0.3 is 0 Å². The Morgan fingerprint density at radius 1 is 1.37 bits per heavy atom. The molecule has 5 heteroatoms. The number of aromatic nitrogens is 2. The maximum atomic E-state index is 11.0. The first kappa shape index (κ1) is 13.0. The molecule has 0 saturated carbocycles. The zero-order valence-electron chi connectivity index (χ0n) is 10.8. The summed E-state index contributed by atoms with van der Waals surface area (Å²) in [6.45, 7) is 3.45. The van der Waals surface area contributed by atoms with E-state index in [1.54, 1.807) is 19.2 Å². The molecular weight excluding hydrogens is 242 g/mol. The highest BCUT2D eigenvalue weighted by Crippen LogP contribution is 2.22. The Balaban J connectivity index is 2.27. The molecule has 98 valence electrons. The molecule has 19 heavy (non-hydrogen) atoms. The van der Waals surface area contributed by atoms with Crippen LogP contribution >= 0.6 is 0 Å². The van der Waals surface area contributed by atoms with Crippen LogP contribution < -0.4 is 10.5 Å². The zero-order valence-corrected chi connectivity index (χ0v) is 10.8. The highest BCUT2D eigenvalue weighted by atomic mass is 16.5. The van der Waals surface area contributed by atoms with Crippen molar-refractivity contribution >= 4 is 5.91 Å². The summed E-state index contributed by atoms with van der Waals surface area (Å²) in [6.07, 6.45) is 1.04. The molecule has 0 aliphatic heterocycles. The van der Waals surface area contributed by atoms with Crippen LogP contribution in [-0.4, -0.2) is 22.0 Å². The van der Waals surface area contributed by atoms with Gasteiger partial charge in [0.2, 0.25) is 0 Å². The quantitative estimate of drug-likeness (QED) is 0.904. The minimum absolute atomic E-state index is 0.497. The Hall–Kier alpha value is -2.43. The summed E-state index contributed by atoms with van der Waals surface area (Å²) in [6, 6.07) is 9.18. The van der Waals surface area contributed by atoms with Crippen molar-refractivity contribution in [2.75, 3.05) is 0 Å². The van der Waals surface area contributed by atoms with E-state index in [9.17, 15) is 4.79 Å². The molecule has 0 bridgehead atoms. The highest BCUT2D eigenvalue weighted by molar-refractivity contribution is 5.78. The predicted octanol–water partition coefficient (Wildman–Crippen LogP) is 1.70. The number of primary amides is 1. The lowest BCUT2D eigenvalue weighted by Gasteiger charge is -2.12. The number of amides is 1. The molecule has 1 atom stereocenters. The number of rotatable bonds is 4. The third-order valence-electron chi connectivity index (χ3n) is 2.62. The van der Waals surface area contributed by atoms with E-state index < -0.39 is 12.0 Å². The van der Waals surface area contributed by atoms with E-state index >= 15 is 0 Å². The fourth-order valence-electron chi connectivity index (χ4n) is 1.61. The fourth-order valence-corrected chi connectivity index (χ4v) is 1.61. The van der Waals surface area contributed by atoms with Gasteiger partial charge in [0.15, 0.2) is 6.10 Å². The summed E-state index contributed by atoms with van der Waals surface area (Å²) in [5, 5.41) is 0. The van der Waals surface area contributed by atoms with Crippen LogP contribution in [0.25, 0.3) is 11.3 Å². The maximum absolute atomic E-state index is 11.0. The lowest BCUT2D eigenvalue weighted by Crippen LogP contribution is -2.30. The van der Waals surface area contributed by atoms with Crippen molar-refractivity contribution in [3.8, 4) is 17.0 Å². The van der Waals surface area contributed by atoms with Crippen molar-refractivity contribution in [2.24, 2.45) is 5.73 Å². The van der Waals surface area contributed by atoms with Crippen LogP contribution in [0.2, 0.25) is 0 Å². The number of hydrogen-bond acceptors (Lipinski definition) is 4. The van der Waals surface area contributed by atoms with Crippen molar-refractivity contribution < 1.29 is 9.53 Å². The molecule has 0 unspecified atom stereocenters. The van der Waals surface area contributed by atoms with Crippen LogP contribution in [0.1, 0.15) is 12.7 Å². The van der Waals surface area contributed by atoms with E-state index in [-0.39, 0.29) is 0 Å². The maximum Gasteiger partial charge on any atom is 0.258 e. The molecule has 0 spiro atoms. The lowest BCUT2D eigenvalue weighted by atomic mass is 10.1. The van der Waals surface area contributed by atoms with E-state index in [0.29, 0.717) is 11.6 Å². The fraction of sp³-hybridized carbons (Fsp3) is 0.214. The molecule has 1 aromatic carbocycles. The minimum atomic E-state index is -0.664. The van der Waals surface area contributed by atoms with Crippen molar-refractivity contribution in [3.63, 3.8) is 0 Å². The number of aryl methyl sites for hydroxylation is 1. The van der Waals surface area contributed by atoms with Gasteiger partial charge in [-0.2, -0.15) is 0 Å². The Labute approximate surface area is 111 Å². The number of carbonyl (C=O) groups excluding carboxylic acids is 1. The summed E-state index contributed by atoms with van der Waals surface area (Å²) < 4.78 is 5.45. The number of nitrogens with two attached hydrogens (primary N) is 1. The van der Waals surface area contributed by atoms with Crippen molar-refractivity contribution in [2.45, 2.75) is 20.0 Å². The van der Waals surface area contributed by atoms with Crippen LogP contribution in [0, 0.1) is 6.92 Å². The van der Waals surface area contributed by atoms with E-state index in [2.05, 4.69) is 9.97 Å². The van der Waals surface area contributed by atoms with Gasteiger partial charge in [-0.3, -0.25) is 4.79 Å². The third kappa shape index (κ3) is 3.28. The monoisotopic (exact) mass is 257 g/mol. The molecule has 0 fully saturated rings. The Morgan fingerprint density at radius 2 is 2.16 bits per heavy atom. The van der Waals surface area contributed by atoms with Crippen molar-refractivity contribution in [3.05, 3.63) is 42.4 Å². The highest BCUT2D eigenvalue weighted by Gasteiger charge is 2.10. The normalized spacial score (nSPS) is 11.9. The Kier molecular flexibility index (Phi) is 3.75. The van der Waals surface area contributed by atoms with Crippen molar-refractivity contribution in [1.82, 2.24) is 9.97 Å². The molecule has 5 nitrogen and oxygen atoms in total. The van der Waals surface area contributed by atoms with Gasteiger partial charge in [-0.1, -0.05) is 12.1 Å². The molecular formula is C14H15N3O2. The molecule has 2 N–H and O–H groups in total. The molecule has 1 amide bonds. The van der Waals surface area contributed by atoms with Gasteiger partial charge in [0.05, 0.1) is 5.69 Å². The molecule has 0 saturated heterocycles. The average Bonchev–Trinajstić information content (AvgIpc) is 2.39. The molecule has 2 aromatic rings. The van der Waals surface area contributed by atoms with Crippen LogP contribution in [0.5, 0.6) is 5.75 Å².